The highest BCUT2D eigenvalue weighted by Gasteiger charge is 2.28. The molecule has 0 unspecified atom stereocenters. The second-order valence-corrected chi connectivity index (χ2v) is 7.59. The van der Waals surface area contributed by atoms with Crippen LogP contribution in [0.25, 0.3) is 11.1 Å². The lowest BCUT2D eigenvalue weighted by Gasteiger charge is -2.14. The van der Waals surface area contributed by atoms with Gasteiger partial charge in [0.15, 0.2) is 0 Å². The molecule has 4 rings (SSSR count). The summed E-state index contributed by atoms with van der Waals surface area (Å²) < 4.78 is 5.51. The van der Waals surface area contributed by atoms with Gasteiger partial charge in [-0.25, -0.2) is 4.79 Å². The van der Waals surface area contributed by atoms with E-state index in [4.69, 9.17) is 4.74 Å². The van der Waals surface area contributed by atoms with E-state index < -0.39 is 6.09 Å². The number of carbonyl (C=O) groups excluding carboxylic acids is 1. The van der Waals surface area contributed by atoms with Crippen LogP contribution in [0.15, 0.2) is 77.7 Å². The summed E-state index contributed by atoms with van der Waals surface area (Å²) in [5, 5.41) is 2.71. The van der Waals surface area contributed by atoms with Gasteiger partial charge in [0.05, 0.1) is 6.54 Å². The van der Waals surface area contributed by atoms with Crippen molar-refractivity contribution >= 4 is 17.9 Å². The molecule has 0 atom stereocenters. The quantitative estimate of drug-likeness (QED) is 0.478. The topological polar surface area (TPSA) is 38.3 Å². The van der Waals surface area contributed by atoms with Crippen LogP contribution < -0.4 is 5.32 Å². The van der Waals surface area contributed by atoms with Crippen molar-refractivity contribution in [3.63, 3.8) is 0 Å². The molecule has 4 heteroatoms. The predicted molar refractivity (Wildman–Crippen MR) is 118 cm³/mol. The van der Waals surface area contributed by atoms with E-state index in [0.29, 0.717) is 6.61 Å². The standard InChI is InChI=1S/C25H21NO2S/c1-29-19-10-6-8-18(16-19)9-7-15-26-25(27)28-17-24-22-13-4-2-11-20(22)21-12-3-5-14-23(21)24/h2-6,8,10-14,16,24H,15,17H2,1H3,(H,26,27). The van der Waals surface area contributed by atoms with Gasteiger partial charge in [-0.1, -0.05) is 66.4 Å². The third-order valence-corrected chi connectivity index (χ3v) is 5.69. The molecule has 1 amide bonds. The Morgan fingerprint density at radius 1 is 1.00 bits per heavy atom. The Morgan fingerprint density at radius 2 is 1.69 bits per heavy atom. The maximum absolute atomic E-state index is 12.1. The highest BCUT2D eigenvalue weighted by atomic mass is 32.2. The monoisotopic (exact) mass is 399 g/mol. The number of carbonyl (C=O) groups is 1. The molecular weight excluding hydrogens is 378 g/mol. The average Bonchev–Trinajstić information content (AvgIpc) is 3.09. The minimum Gasteiger partial charge on any atom is -0.449 e. The molecule has 0 saturated heterocycles. The zero-order chi connectivity index (χ0) is 20.1. The van der Waals surface area contributed by atoms with Gasteiger partial charge in [-0.15, -0.1) is 11.8 Å². The Bertz CT molecular complexity index is 1050. The number of fused-ring (bicyclic) bond motifs is 3. The number of hydrogen-bond donors (Lipinski definition) is 1. The van der Waals surface area contributed by atoms with E-state index >= 15 is 0 Å². The summed E-state index contributed by atoms with van der Waals surface area (Å²) >= 11 is 1.68. The van der Waals surface area contributed by atoms with Gasteiger partial charge in [0.1, 0.15) is 6.61 Å². The summed E-state index contributed by atoms with van der Waals surface area (Å²) in [5.41, 5.74) is 5.78. The first-order chi connectivity index (χ1) is 14.3. The molecule has 0 aromatic heterocycles. The molecule has 144 valence electrons. The molecule has 0 bridgehead atoms. The fourth-order valence-electron chi connectivity index (χ4n) is 3.61. The van der Waals surface area contributed by atoms with Crippen LogP contribution in [0.3, 0.4) is 0 Å². The highest BCUT2D eigenvalue weighted by Crippen LogP contribution is 2.44. The second kappa shape index (κ2) is 8.89. The molecule has 0 fully saturated rings. The van der Waals surface area contributed by atoms with Crippen molar-refractivity contribution in [3.8, 4) is 23.0 Å². The molecule has 0 aliphatic heterocycles. The minimum atomic E-state index is -0.445. The van der Waals surface area contributed by atoms with Gasteiger partial charge in [0.2, 0.25) is 0 Å². The third kappa shape index (κ3) is 4.31. The summed E-state index contributed by atoms with van der Waals surface area (Å²) in [7, 11) is 0. The first-order valence-corrected chi connectivity index (χ1v) is 10.7. The molecule has 1 aliphatic carbocycles. The van der Waals surface area contributed by atoms with Gasteiger partial charge < -0.3 is 10.1 Å². The van der Waals surface area contributed by atoms with Crippen LogP contribution in [0.4, 0.5) is 4.79 Å². The first kappa shape index (κ1) is 19.2. The van der Waals surface area contributed by atoms with Crippen LogP contribution in [0, 0.1) is 11.8 Å². The van der Waals surface area contributed by atoms with Crippen molar-refractivity contribution in [1.29, 1.82) is 0 Å². The number of benzene rings is 3. The fraction of sp³-hybridized carbons (Fsp3) is 0.160. The molecule has 0 heterocycles. The zero-order valence-electron chi connectivity index (χ0n) is 16.1. The third-order valence-electron chi connectivity index (χ3n) is 4.97. The lowest BCUT2D eigenvalue weighted by molar-refractivity contribution is 0.144. The van der Waals surface area contributed by atoms with Crippen LogP contribution >= 0.6 is 11.8 Å². The zero-order valence-corrected chi connectivity index (χ0v) is 17.0. The van der Waals surface area contributed by atoms with Gasteiger partial charge in [-0.3, -0.25) is 0 Å². The van der Waals surface area contributed by atoms with E-state index in [1.165, 1.54) is 27.1 Å². The van der Waals surface area contributed by atoms with Gasteiger partial charge in [0.25, 0.3) is 0 Å². The molecule has 0 saturated carbocycles. The van der Waals surface area contributed by atoms with Gasteiger partial charge in [-0.05, 0) is 46.7 Å². The molecule has 0 spiro atoms. The number of rotatable bonds is 4. The van der Waals surface area contributed by atoms with Crippen LogP contribution in [0.5, 0.6) is 0 Å². The van der Waals surface area contributed by atoms with E-state index in [0.717, 1.165) is 5.56 Å². The van der Waals surface area contributed by atoms with E-state index in [9.17, 15) is 4.79 Å². The van der Waals surface area contributed by atoms with E-state index in [1.807, 2.05) is 54.8 Å². The van der Waals surface area contributed by atoms with Crippen molar-refractivity contribution in [2.24, 2.45) is 0 Å². The SMILES string of the molecule is CSc1cccc(C#CCNC(=O)OCC2c3ccccc3-c3ccccc32)c1. The Balaban J connectivity index is 1.34. The maximum Gasteiger partial charge on any atom is 0.407 e. The normalized spacial score (nSPS) is 11.8. The molecule has 1 N–H and O–H groups in total. The molecule has 3 nitrogen and oxygen atoms in total. The van der Waals surface area contributed by atoms with Gasteiger partial charge >= 0.3 is 6.09 Å². The van der Waals surface area contributed by atoms with Crippen LogP contribution in [-0.2, 0) is 4.74 Å². The summed E-state index contributed by atoms with van der Waals surface area (Å²) in [5.74, 6) is 6.10. The van der Waals surface area contributed by atoms with Crippen molar-refractivity contribution in [3.05, 3.63) is 89.5 Å². The van der Waals surface area contributed by atoms with E-state index in [-0.39, 0.29) is 12.5 Å². The van der Waals surface area contributed by atoms with Crippen LogP contribution in [0.1, 0.15) is 22.6 Å². The molecule has 1 aliphatic rings. The molecule has 3 aromatic carbocycles. The van der Waals surface area contributed by atoms with Crippen LogP contribution in [-0.4, -0.2) is 25.5 Å². The number of alkyl carbamates (subject to hydrolysis) is 1. The summed E-state index contributed by atoms with van der Waals surface area (Å²) in [6, 6.07) is 24.6. The largest absolute Gasteiger partial charge is 0.449 e. The lowest BCUT2D eigenvalue weighted by Crippen LogP contribution is -2.26. The fourth-order valence-corrected chi connectivity index (χ4v) is 4.07. The van der Waals surface area contributed by atoms with Crippen molar-refractivity contribution < 1.29 is 9.53 Å². The highest BCUT2D eigenvalue weighted by molar-refractivity contribution is 7.98. The van der Waals surface area contributed by atoms with Crippen molar-refractivity contribution in [2.75, 3.05) is 19.4 Å². The summed E-state index contributed by atoms with van der Waals surface area (Å²) in [4.78, 5) is 13.3. The molecule has 0 radical (unpaired) electrons. The summed E-state index contributed by atoms with van der Waals surface area (Å²) in [6.07, 6.45) is 1.59. The Labute approximate surface area is 175 Å². The summed E-state index contributed by atoms with van der Waals surface area (Å²) in [6.45, 7) is 0.559. The molecule has 3 aromatic rings. The minimum absolute atomic E-state index is 0.0634. The number of nitrogens with one attached hydrogen (secondary N) is 1. The number of hydrogen-bond acceptors (Lipinski definition) is 3. The maximum atomic E-state index is 12.1. The predicted octanol–water partition coefficient (Wildman–Crippen LogP) is 5.30. The number of ether oxygens (including phenoxy) is 1. The molecular formula is C25H21NO2S. The van der Waals surface area contributed by atoms with Crippen molar-refractivity contribution in [2.45, 2.75) is 10.8 Å². The number of amides is 1. The Hall–Kier alpha value is -3.16. The van der Waals surface area contributed by atoms with Gasteiger partial charge in [-0.2, -0.15) is 0 Å². The Kier molecular flexibility index (Phi) is 5.88. The lowest BCUT2D eigenvalue weighted by atomic mass is 9.98. The first-order valence-electron chi connectivity index (χ1n) is 9.48. The van der Waals surface area contributed by atoms with Crippen LogP contribution in [0.2, 0.25) is 0 Å². The Morgan fingerprint density at radius 3 is 2.38 bits per heavy atom. The van der Waals surface area contributed by atoms with Gasteiger partial charge in [0, 0.05) is 16.4 Å². The molecule has 29 heavy (non-hydrogen) atoms. The average molecular weight is 400 g/mol. The second-order valence-electron chi connectivity index (χ2n) is 6.71. The van der Waals surface area contributed by atoms with E-state index in [1.54, 1.807) is 11.8 Å². The number of thioether (sulfide) groups is 1. The van der Waals surface area contributed by atoms with E-state index in [2.05, 4.69) is 41.4 Å². The smallest absolute Gasteiger partial charge is 0.407 e. The van der Waals surface area contributed by atoms with Crippen molar-refractivity contribution in [1.82, 2.24) is 5.32 Å².